The molecule has 1 saturated carbocycles. The van der Waals surface area contributed by atoms with Gasteiger partial charge in [-0.05, 0) is 73.4 Å². The normalized spacial score (nSPS) is 19.5. The summed E-state index contributed by atoms with van der Waals surface area (Å²) in [4.78, 5) is 12.1. The maximum atomic E-state index is 12.7. The summed E-state index contributed by atoms with van der Waals surface area (Å²) in [5.74, 6) is 2.44. The monoisotopic (exact) mass is 427 g/mol. The van der Waals surface area contributed by atoms with E-state index in [9.17, 15) is 13.2 Å². The van der Waals surface area contributed by atoms with Crippen LogP contribution in [0.4, 0.5) is 13.2 Å². The van der Waals surface area contributed by atoms with Crippen LogP contribution in [-0.4, -0.2) is 15.0 Å². The molecule has 1 N–H and O–H groups in total. The van der Waals surface area contributed by atoms with Crippen LogP contribution in [0.25, 0.3) is 11.3 Å². The van der Waals surface area contributed by atoms with Gasteiger partial charge in [0.25, 0.3) is 0 Å². The largest absolute Gasteiger partial charge is 0.417 e. The molecule has 0 spiro atoms. The first kappa shape index (κ1) is 21.6. The Morgan fingerprint density at radius 2 is 1.74 bits per heavy atom. The highest BCUT2D eigenvalue weighted by Crippen LogP contribution is 2.35. The molecule has 0 unspecified atom stereocenters. The van der Waals surface area contributed by atoms with Gasteiger partial charge in [-0.2, -0.15) is 13.2 Å². The van der Waals surface area contributed by atoms with Crippen LogP contribution in [-0.2, 0) is 19.0 Å². The van der Waals surface area contributed by atoms with Gasteiger partial charge in [-0.1, -0.05) is 31.9 Å². The van der Waals surface area contributed by atoms with Crippen molar-refractivity contribution < 1.29 is 13.2 Å². The molecule has 0 radical (unpaired) electrons. The van der Waals surface area contributed by atoms with Crippen LogP contribution in [0.5, 0.6) is 0 Å². The smallest absolute Gasteiger partial charge is 0.342 e. The van der Waals surface area contributed by atoms with Crippen molar-refractivity contribution in [1.29, 1.82) is 0 Å². The summed E-state index contributed by atoms with van der Waals surface area (Å²) in [6, 6.07) is 8.89. The van der Waals surface area contributed by atoms with Gasteiger partial charge in [-0.25, -0.2) is 4.98 Å². The number of nitrogens with zero attached hydrogens (tertiary/aromatic N) is 2. The number of pyridine rings is 1. The zero-order valence-electron chi connectivity index (χ0n) is 18.0. The number of rotatable bonds is 5. The van der Waals surface area contributed by atoms with Gasteiger partial charge < -0.3 is 4.98 Å². The summed E-state index contributed by atoms with van der Waals surface area (Å²) in [5.41, 5.74) is 4.43. The quantitative estimate of drug-likeness (QED) is 0.482. The summed E-state index contributed by atoms with van der Waals surface area (Å²) in [6.45, 7) is 4.39. The number of hydrogen-bond acceptors (Lipinski definition) is 2. The molecule has 0 amide bonds. The SMILES string of the molecule is Cc1cc(-c2cnc(C3CCC(C)CC3)[nH]2)ccc1CCc1ccc(C(F)(F)F)cn1. The van der Waals surface area contributed by atoms with Crippen molar-refractivity contribution in [3.63, 3.8) is 0 Å². The van der Waals surface area contributed by atoms with Gasteiger partial charge in [-0.15, -0.1) is 0 Å². The van der Waals surface area contributed by atoms with E-state index in [1.54, 1.807) is 0 Å². The van der Waals surface area contributed by atoms with Crippen molar-refractivity contribution in [1.82, 2.24) is 15.0 Å². The molecule has 2 heterocycles. The average molecular weight is 428 g/mol. The predicted octanol–water partition coefficient (Wildman–Crippen LogP) is 6.88. The lowest BCUT2D eigenvalue weighted by Gasteiger charge is -2.24. The minimum atomic E-state index is -4.35. The molecule has 31 heavy (non-hydrogen) atoms. The molecule has 3 nitrogen and oxygen atoms in total. The summed E-state index contributed by atoms with van der Waals surface area (Å²) in [7, 11) is 0. The highest BCUT2D eigenvalue weighted by Gasteiger charge is 2.30. The lowest BCUT2D eigenvalue weighted by Crippen LogP contribution is -2.11. The Bertz CT molecular complexity index is 1010. The van der Waals surface area contributed by atoms with Crippen molar-refractivity contribution in [3.8, 4) is 11.3 Å². The molecular weight excluding hydrogens is 399 g/mol. The third-order valence-electron chi connectivity index (χ3n) is 6.45. The van der Waals surface area contributed by atoms with E-state index in [4.69, 9.17) is 0 Å². The second-order valence-electron chi connectivity index (χ2n) is 8.82. The number of benzene rings is 1. The Kier molecular flexibility index (Phi) is 6.17. The van der Waals surface area contributed by atoms with Gasteiger partial charge in [0.2, 0.25) is 0 Å². The molecule has 1 aliphatic rings. The summed E-state index contributed by atoms with van der Waals surface area (Å²) in [6.07, 6.45) is 4.76. The van der Waals surface area contributed by atoms with Gasteiger partial charge in [-0.3, -0.25) is 4.98 Å². The summed E-state index contributed by atoms with van der Waals surface area (Å²) >= 11 is 0. The number of nitrogens with one attached hydrogen (secondary N) is 1. The zero-order chi connectivity index (χ0) is 22.0. The van der Waals surface area contributed by atoms with Crippen molar-refractivity contribution in [3.05, 3.63) is 70.9 Å². The number of aromatic nitrogens is 3. The molecule has 2 aromatic heterocycles. The Hall–Kier alpha value is -2.63. The Morgan fingerprint density at radius 1 is 0.968 bits per heavy atom. The lowest BCUT2D eigenvalue weighted by atomic mass is 9.83. The molecule has 0 bridgehead atoms. The first-order valence-electron chi connectivity index (χ1n) is 11.0. The van der Waals surface area contributed by atoms with Gasteiger partial charge in [0.1, 0.15) is 5.82 Å². The number of hydrogen-bond donors (Lipinski definition) is 1. The van der Waals surface area contributed by atoms with Crippen molar-refractivity contribution >= 4 is 0 Å². The van der Waals surface area contributed by atoms with E-state index in [1.807, 2.05) is 6.20 Å². The lowest BCUT2D eigenvalue weighted by molar-refractivity contribution is -0.137. The predicted molar refractivity (Wildman–Crippen MR) is 116 cm³/mol. The second-order valence-corrected chi connectivity index (χ2v) is 8.82. The number of aryl methyl sites for hydroxylation is 3. The maximum absolute atomic E-state index is 12.7. The van der Waals surface area contributed by atoms with Gasteiger partial charge >= 0.3 is 6.18 Å². The van der Waals surface area contributed by atoms with Crippen molar-refractivity contribution in [2.24, 2.45) is 5.92 Å². The zero-order valence-corrected chi connectivity index (χ0v) is 18.0. The van der Waals surface area contributed by atoms with Crippen LogP contribution >= 0.6 is 0 Å². The fourth-order valence-electron chi connectivity index (χ4n) is 4.37. The highest BCUT2D eigenvalue weighted by molar-refractivity contribution is 5.60. The molecular formula is C25H28F3N3. The molecule has 1 aromatic carbocycles. The maximum Gasteiger partial charge on any atom is 0.417 e. The summed E-state index contributed by atoms with van der Waals surface area (Å²) < 4.78 is 38.0. The number of H-pyrrole nitrogens is 1. The van der Waals surface area contributed by atoms with Gasteiger partial charge in [0.15, 0.2) is 0 Å². The number of alkyl halides is 3. The van der Waals surface area contributed by atoms with Crippen LogP contribution in [0.15, 0.2) is 42.7 Å². The topological polar surface area (TPSA) is 41.6 Å². The van der Waals surface area contributed by atoms with Crippen LogP contribution in [0.3, 0.4) is 0 Å². The molecule has 0 saturated heterocycles. The van der Waals surface area contributed by atoms with Crippen molar-refractivity contribution in [2.45, 2.75) is 64.5 Å². The molecule has 164 valence electrons. The molecule has 3 aromatic rings. The molecule has 6 heteroatoms. The van der Waals surface area contributed by atoms with E-state index < -0.39 is 11.7 Å². The Morgan fingerprint density at radius 3 is 2.39 bits per heavy atom. The highest BCUT2D eigenvalue weighted by atomic mass is 19.4. The Labute approximate surface area is 181 Å². The average Bonchev–Trinajstić information content (AvgIpc) is 3.23. The van der Waals surface area contributed by atoms with Crippen LogP contribution < -0.4 is 0 Å². The van der Waals surface area contributed by atoms with E-state index in [0.29, 0.717) is 18.0 Å². The van der Waals surface area contributed by atoms with E-state index in [2.05, 4.69) is 47.0 Å². The molecule has 0 aliphatic heterocycles. The van der Waals surface area contributed by atoms with Crippen LogP contribution in [0.2, 0.25) is 0 Å². The van der Waals surface area contributed by atoms with E-state index in [0.717, 1.165) is 47.2 Å². The first-order valence-corrected chi connectivity index (χ1v) is 11.0. The van der Waals surface area contributed by atoms with Gasteiger partial charge in [0.05, 0.1) is 17.5 Å². The van der Waals surface area contributed by atoms with E-state index in [1.165, 1.54) is 37.3 Å². The van der Waals surface area contributed by atoms with Crippen LogP contribution in [0.1, 0.15) is 66.7 Å². The number of imidazole rings is 1. The fraction of sp³-hybridized carbons (Fsp3) is 0.440. The van der Waals surface area contributed by atoms with Crippen molar-refractivity contribution in [2.75, 3.05) is 0 Å². The second kappa shape index (κ2) is 8.85. The molecule has 1 aliphatic carbocycles. The fourth-order valence-corrected chi connectivity index (χ4v) is 4.37. The Balaban J connectivity index is 1.40. The first-order chi connectivity index (χ1) is 14.8. The standard InChI is InChI=1S/C25H28F3N3/c1-16-3-5-19(6-4-16)24-30-15-23(31-24)20-8-7-18(17(2)13-20)9-11-22-12-10-21(14-29-22)25(26,27)28/h7-8,10,12-16,19H,3-6,9,11H2,1-2H3,(H,30,31). The third kappa shape index (κ3) is 5.17. The molecule has 4 rings (SSSR count). The molecule has 0 atom stereocenters. The van der Waals surface area contributed by atoms with Crippen LogP contribution in [0, 0.1) is 12.8 Å². The third-order valence-corrected chi connectivity index (χ3v) is 6.45. The van der Waals surface area contributed by atoms with E-state index in [-0.39, 0.29) is 0 Å². The number of aromatic amines is 1. The van der Waals surface area contributed by atoms with E-state index >= 15 is 0 Å². The molecule has 1 fully saturated rings. The number of halogens is 3. The minimum absolute atomic E-state index is 0.529. The summed E-state index contributed by atoms with van der Waals surface area (Å²) in [5, 5.41) is 0. The van der Waals surface area contributed by atoms with Gasteiger partial charge in [0, 0.05) is 17.8 Å². The minimum Gasteiger partial charge on any atom is -0.342 e.